The van der Waals surface area contributed by atoms with Crippen molar-refractivity contribution < 1.29 is 0 Å². The van der Waals surface area contributed by atoms with E-state index in [1.165, 1.54) is 44.5 Å². The maximum Gasteiger partial charge on any atom is 0.0202 e. The summed E-state index contributed by atoms with van der Waals surface area (Å²) in [6.07, 6.45) is 0. The molecule has 0 atom stereocenters. The number of benzene rings is 4. The minimum Gasteiger partial charge on any atom is -0.316 e. The molecule has 5 rings (SSSR count). The van der Waals surface area contributed by atoms with Gasteiger partial charge in [0.25, 0.3) is 0 Å². The Labute approximate surface area is 244 Å². The first kappa shape index (κ1) is 34.5. The van der Waals surface area contributed by atoms with Crippen LogP contribution in [0.15, 0.2) is 110 Å². The van der Waals surface area contributed by atoms with E-state index < -0.39 is 0 Å². The van der Waals surface area contributed by atoms with Crippen molar-refractivity contribution in [3.8, 4) is 22.3 Å². The Balaban J connectivity index is 0.000000319. The molecule has 0 aromatic heterocycles. The summed E-state index contributed by atoms with van der Waals surface area (Å²) in [5.74, 6) is 0. The van der Waals surface area contributed by atoms with E-state index in [0.717, 1.165) is 13.1 Å². The zero-order chi connectivity index (χ0) is 30.0. The number of hydrogen-bond donors (Lipinski definition) is 3. The van der Waals surface area contributed by atoms with Gasteiger partial charge in [-0.05, 0) is 60.0 Å². The molecule has 4 aromatic rings. The molecule has 3 heteroatoms. The Kier molecular flexibility index (Phi) is 16.2. The van der Waals surface area contributed by atoms with Crippen LogP contribution in [0.5, 0.6) is 0 Å². The van der Waals surface area contributed by atoms with Gasteiger partial charge in [0.15, 0.2) is 0 Å². The van der Waals surface area contributed by atoms with Gasteiger partial charge in [0.2, 0.25) is 0 Å². The highest BCUT2D eigenvalue weighted by Gasteiger charge is 2.34. The van der Waals surface area contributed by atoms with Crippen LogP contribution in [0.3, 0.4) is 0 Å². The standard InChI is InChI=1S/C17H19N.C13H12.C3H10N2.C2H6.C2H4/c1-17(2)15-7-5-4-6-13(15)14-9-8-12(11-18-3)10-16(14)17;1-11-7-9-13(10-8-11)12-5-3-2-4-6-12;1-3-5-4-2;2*1-2/h4-10,18H,11H2,1-3H3;2-10H,1H3;4-5H,3H2,1-2H3;1-2H3;1-2H2. The van der Waals surface area contributed by atoms with Crippen LogP contribution in [0.25, 0.3) is 22.3 Å². The summed E-state index contributed by atoms with van der Waals surface area (Å²) >= 11 is 0. The average molecular weight is 538 g/mol. The molecule has 3 N–H and O–H groups in total. The highest BCUT2D eigenvalue weighted by molar-refractivity contribution is 5.80. The highest BCUT2D eigenvalue weighted by atomic mass is 15.3. The molecule has 0 spiro atoms. The van der Waals surface area contributed by atoms with Gasteiger partial charge in [-0.25, -0.2) is 0 Å². The first-order chi connectivity index (χ1) is 19.4. The molecule has 1 aliphatic carbocycles. The number of rotatable bonds is 5. The fourth-order valence-electron chi connectivity index (χ4n) is 4.62. The summed E-state index contributed by atoms with van der Waals surface area (Å²) < 4.78 is 0. The molecule has 0 radical (unpaired) electrons. The van der Waals surface area contributed by atoms with Crippen LogP contribution >= 0.6 is 0 Å². The van der Waals surface area contributed by atoms with E-state index in [1.807, 2.05) is 40.9 Å². The number of hydrogen-bond acceptors (Lipinski definition) is 3. The summed E-state index contributed by atoms with van der Waals surface area (Å²) in [6, 6.07) is 34.6. The second-order valence-corrected chi connectivity index (χ2v) is 9.59. The molecule has 4 aromatic carbocycles. The zero-order valence-corrected chi connectivity index (χ0v) is 26.1. The summed E-state index contributed by atoms with van der Waals surface area (Å²) in [7, 11) is 3.84. The van der Waals surface area contributed by atoms with E-state index in [4.69, 9.17) is 0 Å². The summed E-state index contributed by atoms with van der Waals surface area (Å²) in [6.45, 7) is 20.7. The minimum atomic E-state index is 0.121. The third-order valence-corrected chi connectivity index (χ3v) is 6.54. The third kappa shape index (κ3) is 9.60. The van der Waals surface area contributed by atoms with Crippen molar-refractivity contribution in [3.63, 3.8) is 0 Å². The van der Waals surface area contributed by atoms with Gasteiger partial charge >= 0.3 is 0 Å². The molecule has 0 bridgehead atoms. The molecule has 0 saturated heterocycles. The molecule has 0 fully saturated rings. The second-order valence-electron chi connectivity index (χ2n) is 9.59. The molecule has 0 aliphatic heterocycles. The van der Waals surface area contributed by atoms with Crippen molar-refractivity contribution in [2.45, 2.75) is 53.5 Å². The second kappa shape index (κ2) is 18.7. The number of fused-ring (bicyclic) bond motifs is 3. The van der Waals surface area contributed by atoms with Crippen LogP contribution in [0.1, 0.15) is 56.9 Å². The van der Waals surface area contributed by atoms with E-state index in [-0.39, 0.29) is 5.41 Å². The van der Waals surface area contributed by atoms with Crippen LogP contribution < -0.4 is 16.2 Å². The fourth-order valence-corrected chi connectivity index (χ4v) is 4.62. The number of nitrogens with one attached hydrogen (secondary N) is 3. The number of aryl methyl sites for hydroxylation is 1. The van der Waals surface area contributed by atoms with Crippen molar-refractivity contribution in [3.05, 3.63) is 132 Å². The topological polar surface area (TPSA) is 36.1 Å². The van der Waals surface area contributed by atoms with Gasteiger partial charge in [0, 0.05) is 18.5 Å². The lowest BCUT2D eigenvalue weighted by molar-refractivity contribution is 0.623. The molecule has 40 heavy (non-hydrogen) atoms. The predicted molar refractivity (Wildman–Crippen MR) is 179 cm³/mol. The molecule has 0 amide bonds. The Morgan fingerprint density at radius 3 is 1.77 bits per heavy atom. The molecule has 3 nitrogen and oxygen atoms in total. The quantitative estimate of drug-likeness (QED) is 0.176. The molecule has 0 saturated carbocycles. The lowest BCUT2D eigenvalue weighted by Gasteiger charge is -2.21. The largest absolute Gasteiger partial charge is 0.316 e. The van der Waals surface area contributed by atoms with Gasteiger partial charge in [-0.3, -0.25) is 10.9 Å². The van der Waals surface area contributed by atoms with Crippen LogP contribution in [-0.2, 0) is 12.0 Å². The lowest BCUT2D eigenvalue weighted by Crippen LogP contribution is -2.26. The first-order valence-electron chi connectivity index (χ1n) is 14.3. The molecule has 0 unspecified atom stereocenters. The van der Waals surface area contributed by atoms with E-state index >= 15 is 0 Å². The Morgan fingerprint density at radius 2 is 1.23 bits per heavy atom. The van der Waals surface area contributed by atoms with Crippen molar-refractivity contribution in [1.82, 2.24) is 16.2 Å². The van der Waals surface area contributed by atoms with Gasteiger partial charge in [-0.15, -0.1) is 13.2 Å². The molecule has 1 aliphatic rings. The van der Waals surface area contributed by atoms with Crippen LogP contribution in [0.4, 0.5) is 0 Å². The van der Waals surface area contributed by atoms with Crippen molar-refractivity contribution >= 4 is 0 Å². The fraction of sp³-hybridized carbons (Fsp3) is 0.297. The van der Waals surface area contributed by atoms with E-state index in [0.29, 0.717) is 0 Å². The first-order valence-corrected chi connectivity index (χ1v) is 14.3. The van der Waals surface area contributed by atoms with E-state index in [9.17, 15) is 0 Å². The van der Waals surface area contributed by atoms with Crippen LogP contribution in [-0.4, -0.2) is 20.6 Å². The summed E-state index contributed by atoms with van der Waals surface area (Å²) in [5.41, 5.74) is 16.7. The molecule has 214 valence electrons. The number of hydrazine groups is 1. The SMILES string of the molecule is C=C.CC.CCNNC.CNCc1ccc2c(c1)C(C)(C)c1ccccc1-2.Cc1ccc(-c2ccccc2)cc1. The third-order valence-electron chi connectivity index (χ3n) is 6.54. The maximum atomic E-state index is 3.22. The van der Waals surface area contributed by atoms with Crippen LogP contribution in [0.2, 0.25) is 0 Å². The Bertz CT molecular complexity index is 1230. The highest BCUT2D eigenvalue weighted by Crippen LogP contribution is 2.48. The van der Waals surface area contributed by atoms with Gasteiger partial charge in [-0.1, -0.05) is 137 Å². The molecule has 0 heterocycles. The van der Waals surface area contributed by atoms with Crippen molar-refractivity contribution in [2.75, 3.05) is 20.6 Å². The van der Waals surface area contributed by atoms with E-state index in [1.54, 1.807) is 0 Å². The van der Waals surface area contributed by atoms with Crippen LogP contribution in [0, 0.1) is 6.92 Å². The van der Waals surface area contributed by atoms with E-state index in [2.05, 4.69) is 141 Å². The lowest BCUT2D eigenvalue weighted by atomic mass is 9.82. The normalized spacial score (nSPS) is 11.4. The Morgan fingerprint density at radius 1 is 0.675 bits per heavy atom. The van der Waals surface area contributed by atoms with Gasteiger partial charge < -0.3 is 5.32 Å². The van der Waals surface area contributed by atoms with Gasteiger partial charge in [0.05, 0.1) is 0 Å². The monoisotopic (exact) mass is 537 g/mol. The summed E-state index contributed by atoms with van der Waals surface area (Å²) in [5, 5.41) is 3.22. The minimum absolute atomic E-state index is 0.121. The molecular formula is C37H51N3. The van der Waals surface area contributed by atoms with Gasteiger partial charge in [-0.2, -0.15) is 0 Å². The molecular weight excluding hydrogens is 486 g/mol. The average Bonchev–Trinajstić information content (AvgIpc) is 3.23. The summed E-state index contributed by atoms with van der Waals surface area (Å²) in [4.78, 5) is 0. The maximum absolute atomic E-state index is 3.22. The smallest absolute Gasteiger partial charge is 0.0202 e. The van der Waals surface area contributed by atoms with Crippen molar-refractivity contribution in [2.24, 2.45) is 0 Å². The Hall–Kier alpha value is -3.50. The zero-order valence-electron chi connectivity index (χ0n) is 26.1. The van der Waals surface area contributed by atoms with Gasteiger partial charge in [0.1, 0.15) is 0 Å². The van der Waals surface area contributed by atoms with Crippen molar-refractivity contribution in [1.29, 1.82) is 0 Å². The predicted octanol–water partition coefficient (Wildman–Crippen LogP) is 8.93.